The van der Waals surface area contributed by atoms with E-state index in [4.69, 9.17) is 11.0 Å². The summed E-state index contributed by atoms with van der Waals surface area (Å²) in [5, 5.41) is 8.85. The van der Waals surface area contributed by atoms with Crippen LogP contribution in [0, 0.1) is 11.3 Å². The van der Waals surface area contributed by atoms with Gasteiger partial charge in [0.2, 0.25) is 0 Å². The van der Waals surface area contributed by atoms with Crippen LogP contribution in [-0.4, -0.2) is 13.6 Å². The maximum atomic E-state index is 8.85. The molecule has 0 saturated heterocycles. The van der Waals surface area contributed by atoms with Crippen LogP contribution in [0.1, 0.15) is 11.1 Å². The summed E-state index contributed by atoms with van der Waals surface area (Å²) in [6.45, 7) is 0.868. The van der Waals surface area contributed by atoms with Crippen molar-refractivity contribution in [1.82, 2.24) is 0 Å². The lowest BCUT2D eigenvalue weighted by molar-refractivity contribution is 0.877. The first-order valence-electron chi connectivity index (χ1n) is 6.35. The lowest BCUT2D eigenvalue weighted by Gasteiger charge is -2.21. The van der Waals surface area contributed by atoms with E-state index >= 15 is 0 Å². The van der Waals surface area contributed by atoms with Crippen LogP contribution in [0.2, 0.25) is 0 Å². The van der Waals surface area contributed by atoms with Gasteiger partial charge >= 0.3 is 0 Å². The van der Waals surface area contributed by atoms with Gasteiger partial charge in [-0.3, -0.25) is 0 Å². The van der Waals surface area contributed by atoms with Crippen molar-refractivity contribution in [3.05, 3.63) is 58.1 Å². The number of nitrogen functional groups attached to an aromatic ring is 1. The second-order valence-corrected chi connectivity index (χ2v) is 5.60. The maximum Gasteiger partial charge on any atom is 0.0992 e. The normalized spacial score (nSPS) is 10.1. The van der Waals surface area contributed by atoms with Gasteiger partial charge in [-0.1, -0.05) is 28.1 Å². The second kappa shape index (κ2) is 6.44. The highest BCUT2D eigenvalue weighted by Crippen LogP contribution is 2.23. The van der Waals surface area contributed by atoms with Crippen LogP contribution < -0.4 is 10.6 Å². The van der Waals surface area contributed by atoms with Gasteiger partial charge in [0, 0.05) is 18.1 Å². The zero-order valence-electron chi connectivity index (χ0n) is 11.3. The van der Waals surface area contributed by atoms with Crippen molar-refractivity contribution in [1.29, 1.82) is 5.26 Å². The first-order chi connectivity index (χ1) is 9.60. The molecule has 2 aromatic rings. The van der Waals surface area contributed by atoms with E-state index in [0.29, 0.717) is 11.3 Å². The summed E-state index contributed by atoms with van der Waals surface area (Å²) in [5.74, 6) is 0. The molecule has 0 aliphatic heterocycles. The van der Waals surface area contributed by atoms with E-state index in [-0.39, 0.29) is 0 Å². The largest absolute Gasteiger partial charge is 0.397 e. The predicted octanol–water partition coefficient (Wildman–Crippen LogP) is 3.58. The first-order valence-corrected chi connectivity index (χ1v) is 7.14. The highest BCUT2D eigenvalue weighted by Gasteiger charge is 2.06. The zero-order chi connectivity index (χ0) is 14.5. The molecule has 2 aromatic carbocycles. The van der Waals surface area contributed by atoms with E-state index in [1.807, 2.05) is 25.2 Å². The van der Waals surface area contributed by atoms with E-state index in [1.54, 1.807) is 12.1 Å². The standard InChI is InChI=1S/C16H16BrN3/c1-20(8-7-12-3-2-4-14(17)9-12)16-6-5-13(11-18)10-15(16)19/h2-6,9-10H,7-8,19H2,1H3. The van der Waals surface area contributed by atoms with Crippen LogP contribution in [-0.2, 0) is 6.42 Å². The number of benzene rings is 2. The van der Waals surface area contributed by atoms with E-state index in [2.05, 4.69) is 39.0 Å². The summed E-state index contributed by atoms with van der Waals surface area (Å²) in [6, 6.07) is 15.8. The van der Waals surface area contributed by atoms with E-state index < -0.39 is 0 Å². The van der Waals surface area contributed by atoms with Gasteiger partial charge in [0.1, 0.15) is 0 Å². The van der Waals surface area contributed by atoms with Crippen LogP contribution in [0.5, 0.6) is 0 Å². The topological polar surface area (TPSA) is 53.0 Å². The quantitative estimate of drug-likeness (QED) is 0.872. The molecule has 3 nitrogen and oxygen atoms in total. The van der Waals surface area contributed by atoms with Crippen LogP contribution in [0.15, 0.2) is 46.9 Å². The van der Waals surface area contributed by atoms with Crippen LogP contribution in [0.3, 0.4) is 0 Å². The molecule has 20 heavy (non-hydrogen) atoms. The molecule has 0 bridgehead atoms. The van der Waals surface area contributed by atoms with Gasteiger partial charge in [-0.05, 0) is 42.3 Å². The average molecular weight is 330 g/mol. The fourth-order valence-corrected chi connectivity index (χ4v) is 2.53. The first kappa shape index (κ1) is 14.4. The maximum absolute atomic E-state index is 8.85. The summed E-state index contributed by atoms with van der Waals surface area (Å²) >= 11 is 3.48. The predicted molar refractivity (Wildman–Crippen MR) is 86.7 cm³/mol. The molecule has 0 aliphatic rings. The molecule has 4 heteroatoms. The minimum Gasteiger partial charge on any atom is -0.397 e. The van der Waals surface area contributed by atoms with Crippen molar-refractivity contribution < 1.29 is 0 Å². The Bertz CT molecular complexity index is 646. The number of nitriles is 1. The smallest absolute Gasteiger partial charge is 0.0992 e. The Morgan fingerprint density at radius 3 is 2.70 bits per heavy atom. The van der Waals surface area contributed by atoms with Gasteiger partial charge in [-0.2, -0.15) is 5.26 Å². The lowest BCUT2D eigenvalue weighted by atomic mass is 10.1. The molecule has 0 radical (unpaired) electrons. The summed E-state index contributed by atoms with van der Waals surface area (Å²) < 4.78 is 1.09. The van der Waals surface area contributed by atoms with Crippen molar-refractivity contribution in [2.24, 2.45) is 0 Å². The molecule has 2 N–H and O–H groups in total. The summed E-state index contributed by atoms with van der Waals surface area (Å²) in [7, 11) is 2.01. The highest BCUT2D eigenvalue weighted by atomic mass is 79.9. The van der Waals surface area contributed by atoms with Crippen LogP contribution >= 0.6 is 15.9 Å². The van der Waals surface area contributed by atoms with Gasteiger partial charge in [-0.25, -0.2) is 0 Å². The Hall–Kier alpha value is -1.99. The minimum atomic E-state index is 0.589. The van der Waals surface area contributed by atoms with Gasteiger partial charge in [0.15, 0.2) is 0 Å². The van der Waals surface area contributed by atoms with Gasteiger partial charge in [0.25, 0.3) is 0 Å². The van der Waals surface area contributed by atoms with E-state index in [0.717, 1.165) is 23.1 Å². The molecular formula is C16H16BrN3. The number of likely N-dealkylation sites (N-methyl/N-ethyl adjacent to an activating group) is 1. The van der Waals surface area contributed by atoms with Gasteiger partial charge in [0.05, 0.1) is 23.0 Å². The fourth-order valence-electron chi connectivity index (χ4n) is 2.08. The lowest BCUT2D eigenvalue weighted by Crippen LogP contribution is -2.21. The number of hydrogen-bond acceptors (Lipinski definition) is 3. The van der Waals surface area contributed by atoms with Gasteiger partial charge < -0.3 is 10.6 Å². The van der Waals surface area contributed by atoms with Crippen molar-refractivity contribution in [3.8, 4) is 6.07 Å². The monoisotopic (exact) mass is 329 g/mol. The van der Waals surface area contributed by atoms with Crippen LogP contribution in [0.25, 0.3) is 0 Å². The third-order valence-corrected chi connectivity index (χ3v) is 3.69. The van der Waals surface area contributed by atoms with Gasteiger partial charge in [-0.15, -0.1) is 0 Å². The highest BCUT2D eigenvalue weighted by molar-refractivity contribution is 9.10. The average Bonchev–Trinajstić information content (AvgIpc) is 2.44. The Morgan fingerprint density at radius 1 is 1.25 bits per heavy atom. The zero-order valence-corrected chi connectivity index (χ0v) is 12.9. The van der Waals surface area contributed by atoms with Crippen molar-refractivity contribution in [3.63, 3.8) is 0 Å². The molecule has 0 amide bonds. The molecule has 0 fully saturated rings. The van der Waals surface area contributed by atoms with E-state index in [1.165, 1.54) is 5.56 Å². The van der Waals surface area contributed by atoms with Crippen molar-refractivity contribution in [2.75, 3.05) is 24.2 Å². The summed E-state index contributed by atoms with van der Waals surface area (Å²) in [5.41, 5.74) is 9.45. The number of halogens is 1. The number of rotatable bonds is 4. The summed E-state index contributed by atoms with van der Waals surface area (Å²) in [6.07, 6.45) is 0.940. The Labute approximate surface area is 127 Å². The number of nitrogens with zero attached hydrogens (tertiary/aromatic N) is 2. The molecule has 0 saturated carbocycles. The fraction of sp³-hybridized carbons (Fsp3) is 0.188. The van der Waals surface area contributed by atoms with E-state index in [9.17, 15) is 0 Å². The summed E-state index contributed by atoms with van der Waals surface area (Å²) in [4.78, 5) is 2.11. The minimum absolute atomic E-state index is 0.589. The molecule has 0 spiro atoms. The van der Waals surface area contributed by atoms with Crippen molar-refractivity contribution >= 4 is 27.3 Å². The molecule has 0 unspecified atom stereocenters. The Morgan fingerprint density at radius 2 is 2.05 bits per heavy atom. The molecular weight excluding hydrogens is 314 g/mol. The van der Waals surface area contributed by atoms with Crippen LogP contribution in [0.4, 0.5) is 11.4 Å². The molecule has 102 valence electrons. The molecule has 0 aromatic heterocycles. The molecule has 2 rings (SSSR count). The Kier molecular flexibility index (Phi) is 4.65. The number of hydrogen-bond donors (Lipinski definition) is 1. The third-order valence-electron chi connectivity index (χ3n) is 3.19. The second-order valence-electron chi connectivity index (χ2n) is 4.69. The number of anilines is 2. The SMILES string of the molecule is CN(CCc1cccc(Br)c1)c1ccc(C#N)cc1N. The van der Waals surface area contributed by atoms with Crippen molar-refractivity contribution in [2.45, 2.75) is 6.42 Å². The molecule has 0 heterocycles. The third kappa shape index (κ3) is 3.52. The Balaban J connectivity index is 2.05. The molecule has 0 atom stereocenters. The molecule has 0 aliphatic carbocycles. The number of nitrogens with two attached hydrogens (primary N) is 1.